The third-order valence-corrected chi connectivity index (χ3v) is 5.66. The molecule has 9 heteroatoms. The average Bonchev–Trinajstić information content (AvgIpc) is 3.20. The maximum Gasteiger partial charge on any atom is 0.257 e. The van der Waals surface area contributed by atoms with Crippen LogP contribution in [-0.2, 0) is 0 Å². The summed E-state index contributed by atoms with van der Waals surface area (Å²) in [6.45, 7) is 4.72. The lowest BCUT2D eigenvalue weighted by Crippen LogP contribution is -2.34. The van der Waals surface area contributed by atoms with E-state index in [0.717, 1.165) is 21.5 Å². The van der Waals surface area contributed by atoms with E-state index in [0.29, 0.717) is 29.0 Å². The molecular weight excluding hydrogens is 498 g/mol. The highest BCUT2D eigenvalue weighted by Crippen LogP contribution is 2.32. The second kappa shape index (κ2) is 10.7. The quantitative estimate of drug-likeness (QED) is 0.387. The van der Waals surface area contributed by atoms with Gasteiger partial charge in [-0.15, -0.1) is 11.3 Å². The van der Waals surface area contributed by atoms with Gasteiger partial charge in [0, 0.05) is 16.5 Å². The monoisotopic (exact) mass is 519 g/mol. The van der Waals surface area contributed by atoms with E-state index < -0.39 is 0 Å². The van der Waals surface area contributed by atoms with Gasteiger partial charge in [-0.2, -0.15) is 0 Å². The fourth-order valence-electron chi connectivity index (χ4n) is 2.58. The van der Waals surface area contributed by atoms with Gasteiger partial charge in [-0.05, 0) is 70.5 Å². The number of nitrogens with zero attached hydrogens (tertiary/aromatic N) is 1. The zero-order chi connectivity index (χ0) is 22.4. The molecule has 0 spiro atoms. The summed E-state index contributed by atoms with van der Waals surface area (Å²) in [5, 5.41) is 8.32. The third kappa shape index (κ3) is 6.49. The predicted molar refractivity (Wildman–Crippen MR) is 132 cm³/mol. The number of carbonyl (C=O) groups excluding carboxylic acids is 1. The van der Waals surface area contributed by atoms with E-state index >= 15 is 0 Å². The number of thiocarbonyl (C=S) groups is 1. The highest BCUT2D eigenvalue weighted by Gasteiger charge is 2.12. The van der Waals surface area contributed by atoms with Gasteiger partial charge in [0.15, 0.2) is 10.2 Å². The van der Waals surface area contributed by atoms with Crippen LogP contribution in [0.5, 0.6) is 11.5 Å². The van der Waals surface area contributed by atoms with Crippen LogP contribution in [0.1, 0.15) is 24.2 Å². The number of anilines is 1. The Hall–Kier alpha value is -2.49. The first-order valence-electron chi connectivity index (χ1n) is 9.50. The minimum atomic E-state index is -0.316. The van der Waals surface area contributed by atoms with Crippen molar-refractivity contribution in [3.05, 3.63) is 57.9 Å². The number of amides is 1. The standard InChI is InChI=1S/C22H22BrN3O3S2/c1-13(2)11-29-16-6-4-5-15(9-16)20(27)25-21(30)26-22-24-18(12-31-22)14-7-8-19(28-3)17(23)10-14/h4-10,12-13H,11H2,1-3H3,(H2,24,25,26,27,30). The van der Waals surface area contributed by atoms with Gasteiger partial charge in [0.05, 0.1) is 23.9 Å². The molecule has 0 fully saturated rings. The van der Waals surface area contributed by atoms with Crippen LogP contribution in [0.25, 0.3) is 11.3 Å². The number of carbonyl (C=O) groups is 1. The lowest BCUT2D eigenvalue weighted by Gasteiger charge is -2.11. The Balaban J connectivity index is 1.61. The number of nitrogens with one attached hydrogen (secondary N) is 2. The number of rotatable bonds is 7. The van der Waals surface area contributed by atoms with Crippen LogP contribution in [0.4, 0.5) is 5.13 Å². The molecule has 1 amide bonds. The molecule has 0 unspecified atom stereocenters. The second-order valence-corrected chi connectivity index (χ2v) is 9.15. The van der Waals surface area contributed by atoms with Crippen LogP contribution in [0, 0.1) is 5.92 Å². The van der Waals surface area contributed by atoms with E-state index in [1.54, 1.807) is 25.3 Å². The molecule has 0 radical (unpaired) electrons. The molecule has 0 saturated heterocycles. The SMILES string of the molecule is COc1ccc(-c2csc(NC(=S)NC(=O)c3cccc(OCC(C)C)c3)n2)cc1Br. The Morgan fingerprint density at radius 3 is 2.77 bits per heavy atom. The van der Waals surface area contributed by atoms with Gasteiger partial charge < -0.3 is 14.8 Å². The largest absolute Gasteiger partial charge is 0.496 e. The molecule has 162 valence electrons. The first-order valence-corrected chi connectivity index (χ1v) is 11.6. The van der Waals surface area contributed by atoms with Crippen LogP contribution in [0.2, 0.25) is 0 Å². The number of methoxy groups -OCH3 is 1. The number of benzene rings is 2. The number of halogens is 1. The van der Waals surface area contributed by atoms with Crippen molar-refractivity contribution in [1.82, 2.24) is 10.3 Å². The lowest BCUT2D eigenvalue weighted by molar-refractivity contribution is 0.0977. The Kier molecular flexibility index (Phi) is 8.00. The third-order valence-electron chi connectivity index (χ3n) is 4.08. The Bertz CT molecular complexity index is 1090. The number of hydrogen-bond acceptors (Lipinski definition) is 6. The first kappa shape index (κ1) is 23.2. The Morgan fingerprint density at radius 1 is 1.26 bits per heavy atom. The molecule has 0 aliphatic carbocycles. The Morgan fingerprint density at radius 2 is 2.06 bits per heavy atom. The highest BCUT2D eigenvalue weighted by atomic mass is 79.9. The topological polar surface area (TPSA) is 72.5 Å². The molecule has 1 aromatic heterocycles. The summed E-state index contributed by atoms with van der Waals surface area (Å²) in [5.41, 5.74) is 2.19. The molecule has 6 nitrogen and oxygen atoms in total. The van der Waals surface area contributed by atoms with Gasteiger partial charge in [-0.3, -0.25) is 10.1 Å². The molecule has 1 heterocycles. The van der Waals surface area contributed by atoms with Crippen molar-refractivity contribution in [2.24, 2.45) is 5.92 Å². The molecule has 0 atom stereocenters. The number of hydrogen-bond donors (Lipinski definition) is 2. The van der Waals surface area contributed by atoms with Crippen molar-refractivity contribution >= 4 is 55.6 Å². The van der Waals surface area contributed by atoms with E-state index in [1.165, 1.54) is 11.3 Å². The molecule has 0 saturated carbocycles. The van der Waals surface area contributed by atoms with Crippen LogP contribution < -0.4 is 20.1 Å². The van der Waals surface area contributed by atoms with E-state index in [9.17, 15) is 4.79 Å². The van der Waals surface area contributed by atoms with Crippen molar-refractivity contribution in [3.8, 4) is 22.8 Å². The fourth-order valence-corrected chi connectivity index (χ4v) is 4.10. The van der Waals surface area contributed by atoms with Crippen molar-refractivity contribution in [3.63, 3.8) is 0 Å². The van der Waals surface area contributed by atoms with Crippen LogP contribution in [-0.4, -0.2) is 29.7 Å². The van der Waals surface area contributed by atoms with Gasteiger partial charge in [0.2, 0.25) is 0 Å². The maximum atomic E-state index is 12.5. The van der Waals surface area contributed by atoms with Gasteiger partial charge in [-0.25, -0.2) is 4.98 Å². The summed E-state index contributed by atoms with van der Waals surface area (Å²) in [7, 11) is 1.62. The minimum absolute atomic E-state index is 0.176. The average molecular weight is 520 g/mol. The molecule has 2 aromatic carbocycles. The number of aromatic nitrogens is 1. The zero-order valence-electron chi connectivity index (χ0n) is 17.3. The Labute approximate surface area is 199 Å². The highest BCUT2D eigenvalue weighted by molar-refractivity contribution is 9.10. The van der Waals surface area contributed by atoms with Gasteiger partial charge in [0.25, 0.3) is 5.91 Å². The van der Waals surface area contributed by atoms with Gasteiger partial charge in [-0.1, -0.05) is 19.9 Å². The van der Waals surface area contributed by atoms with Crippen LogP contribution >= 0.6 is 39.5 Å². The fraction of sp³-hybridized carbons (Fsp3) is 0.227. The van der Waals surface area contributed by atoms with E-state index in [4.69, 9.17) is 21.7 Å². The molecule has 3 aromatic rings. The first-order chi connectivity index (χ1) is 14.9. The smallest absolute Gasteiger partial charge is 0.257 e. The molecule has 3 rings (SSSR count). The summed E-state index contributed by atoms with van der Waals surface area (Å²) in [6, 6.07) is 12.7. The summed E-state index contributed by atoms with van der Waals surface area (Å²) in [4.78, 5) is 17.1. The van der Waals surface area contributed by atoms with Crippen LogP contribution in [0.15, 0.2) is 52.3 Å². The molecule has 0 bridgehead atoms. The van der Waals surface area contributed by atoms with Crippen molar-refractivity contribution in [2.75, 3.05) is 19.0 Å². The summed E-state index contributed by atoms with van der Waals surface area (Å²) in [5.74, 6) is 1.48. The van der Waals surface area contributed by atoms with Crippen molar-refractivity contribution in [2.45, 2.75) is 13.8 Å². The van der Waals surface area contributed by atoms with E-state index in [1.807, 2.05) is 29.6 Å². The number of thiazole rings is 1. The second-order valence-electron chi connectivity index (χ2n) is 7.03. The normalized spacial score (nSPS) is 10.6. The summed E-state index contributed by atoms with van der Waals surface area (Å²) in [6.07, 6.45) is 0. The van der Waals surface area contributed by atoms with Crippen molar-refractivity contribution in [1.29, 1.82) is 0 Å². The molecule has 31 heavy (non-hydrogen) atoms. The van der Waals surface area contributed by atoms with Crippen LogP contribution in [0.3, 0.4) is 0 Å². The predicted octanol–water partition coefficient (Wildman–Crippen LogP) is 5.74. The summed E-state index contributed by atoms with van der Waals surface area (Å²) >= 11 is 10.2. The van der Waals surface area contributed by atoms with Gasteiger partial charge >= 0.3 is 0 Å². The molecule has 0 aliphatic rings. The summed E-state index contributed by atoms with van der Waals surface area (Å²) < 4.78 is 11.8. The number of ether oxygens (including phenoxy) is 2. The van der Waals surface area contributed by atoms with E-state index in [2.05, 4.69) is 45.4 Å². The van der Waals surface area contributed by atoms with Gasteiger partial charge in [0.1, 0.15) is 11.5 Å². The molecular formula is C22H22BrN3O3S2. The van der Waals surface area contributed by atoms with E-state index in [-0.39, 0.29) is 11.0 Å². The molecule has 0 aliphatic heterocycles. The zero-order valence-corrected chi connectivity index (χ0v) is 20.5. The van der Waals surface area contributed by atoms with Crippen molar-refractivity contribution < 1.29 is 14.3 Å². The lowest BCUT2D eigenvalue weighted by atomic mass is 10.2. The maximum absolute atomic E-state index is 12.5. The molecule has 2 N–H and O–H groups in total. The minimum Gasteiger partial charge on any atom is -0.496 e.